The first-order valence-corrected chi connectivity index (χ1v) is 5.43. The minimum atomic E-state index is -3.14. The van der Waals surface area contributed by atoms with E-state index in [9.17, 15) is 18.0 Å². The Morgan fingerprint density at radius 3 is 2.38 bits per heavy atom. The monoisotopic (exact) mass is 243 g/mol. The number of ether oxygens (including phenoxy) is 1. The van der Waals surface area contributed by atoms with E-state index in [1.165, 1.54) is 4.72 Å². The van der Waals surface area contributed by atoms with E-state index in [2.05, 4.69) is 4.74 Å². The molecule has 0 aliphatic rings. The third-order valence-electron chi connectivity index (χ3n) is 1.59. The van der Waals surface area contributed by atoms with E-state index in [4.69, 9.17) is 0 Å². The van der Waals surface area contributed by atoms with Crippen molar-refractivity contribution in [2.45, 2.75) is 6.61 Å². The number of nitrogens with one attached hydrogen (secondary N) is 1. The molecule has 0 unspecified atom stereocenters. The van der Waals surface area contributed by atoms with Crippen LogP contribution >= 0.6 is 0 Å². The lowest BCUT2D eigenvalue weighted by molar-refractivity contribution is -0.155. The SMILES string of the molecule is O=C(N[SH](=O)=O)C(=O)OCc1ccccc1. The molecule has 16 heavy (non-hydrogen) atoms. The van der Waals surface area contributed by atoms with E-state index in [1.54, 1.807) is 30.3 Å². The molecule has 1 N–H and O–H groups in total. The Morgan fingerprint density at radius 2 is 1.81 bits per heavy atom. The van der Waals surface area contributed by atoms with E-state index in [-0.39, 0.29) is 6.61 Å². The molecule has 0 atom stereocenters. The van der Waals surface area contributed by atoms with Gasteiger partial charge in [-0.1, -0.05) is 30.3 Å². The second-order valence-corrected chi connectivity index (χ2v) is 3.50. The predicted molar refractivity (Wildman–Crippen MR) is 54.7 cm³/mol. The van der Waals surface area contributed by atoms with E-state index < -0.39 is 22.8 Å². The normalized spacial score (nSPS) is 9.81. The van der Waals surface area contributed by atoms with Crippen molar-refractivity contribution in [3.05, 3.63) is 35.9 Å². The molecule has 0 fully saturated rings. The van der Waals surface area contributed by atoms with Crippen molar-refractivity contribution in [2.24, 2.45) is 0 Å². The van der Waals surface area contributed by atoms with Crippen LogP contribution < -0.4 is 4.72 Å². The largest absolute Gasteiger partial charge is 0.454 e. The quantitative estimate of drug-likeness (QED) is 0.419. The number of carbonyl (C=O) groups excluding carboxylic acids is 2. The summed E-state index contributed by atoms with van der Waals surface area (Å²) in [6.45, 7) is -0.0806. The highest BCUT2D eigenvalue weighted by Gasteiger charge is 2.15. The second-order valence-electron chi connectivity index (χ2n) is 2.76. The molecular weight excluding hydrogens is 234 g/mol. The second kappa shape index (κ2) is 5.86. The minimum Gasteiger partial charge on any atom is -0.454 e. The highest BCUT2D eigenvalue weighted by molar-refractivity contribution is 7.71. The summed E-state index contributed by atoms with van der Waals surface area (Å²) < 4.78 is 26.2. The number of hydrogen-bond donors (Lipinski definition) is 2. The van der Waals surface area contributed by atoms with Crippen LogP contribution in [0.5, 0.6) is 0 Å². The zero-order chi connectivity index (χ0) is 12.0. The molecule has 0 bridgehead atoms. The van der Waals surface area contributed by atoms with Crippen LogP contribution in [0.1, 0.15) is 5.56 Å². The summed E-state index contributed by atoms with van der Waals surface area (Å²) >= 11 is 0. The van der Waals surface area contributed by atoms with Gasteiger partial charge in [-0.25, -0.2) is 17.9 Å². The van der Waals surface area contributed by atoms with Gasteiger partial charge in [0.1, 0.15) is 6.61 Å². The zero-order valence-electron chi connectivity index (χ0n) is 8.08. The molecule has 0 saturated heterocycles. The molecule has 1 aromatic carbocycles. The Balaban J connectivity index is 2.44. The minimum absolute atomic E-state index is 0.0806. The molecular formula is C9H9NO5S. The molecule has 0 heterocycles. The van der Waals surface area contributed by atoms with Gasteiger partial charge >= 0.3 is 11.9 Å². The van der Waals surface area contributed by atoms with Crippen LogP contribution in [0.3, 0.4) is 0 Å². The number of esters is 1. The molecule has 0 aromatic heterocycles. The fraction of sp³-hybridized carbons (Fsp3) is 0.111. The number of amides is 1. The Kier molecular flexibility index (Phi) is 4.46. The lowest BCUT2D eigenvalue weighted by atomic mass is 10.2. The molecule has 0 radical (unpaired) electrons. The van der Waals surface area contributed by atoms with Crippen molar-refractivity contribution in [3.8, 4) is 0 Å². The van der Waals surface area contributed by atoms with Crippen LogP contribution in [0.25, 0.3) is 0 Å². The van der Waals surface area contributed by atoms with Crippen LogP contribution in [-0.2, 0) is 31.8 Å². The summed E-state index contributed by atoms with van der Waals surface area (Å²) in [6, 6.07) is 8.70. The number of thiol groups is 1. The molecule has 0 aliphatic carbocycles. The van der Waals surface area contributed by atoms with Crippen molar-refractivity contribution in [1.29, 1.82) is 0 Å². The Hall–Kier alpha value is -1.89. The maximum atomic E-state index is 11.0. The lowest BCUT2D eigenvalue weighted by Crippen LogP contribution is -2.31. The van der Waals surface area contributed by atoms with Gasteiger partial charge in [0, 0.05) is 0 Å². The van der Waals surface area contributed by atoms with Gasteiger partial charge in [-0.3, -0.25) is 4.79 Å². The van der Waals surface area contributed by atoms with Gasteiger partial charge < -0.3 is 4.74 Å². The van der Waals surface area contributed by atoms with Gasteiger partial charge in [0.05, 0.1) is 0 Å². The molecule has 0 saturated carbocycles. The first kappa shape index (κ1) is 12.2. The van der Waals surface area contributed by atoms with Gasteiger partial charge in [-0.05, 0) is 5.56 Å². The van der Waals surface area contributed by atoms with Crippen molar-refractivity contribution in [3.63, 3.8) is 0 Å². The maximum Gasteiger partial charge on any atom is 0.398 e. The number of rotatable bonds is 3. The van der Waals surface area contributed by atoms with Crippen LogP contribution in [0.2, 0.25) is 0 Å². The van der Waals surface area contributed by atoms with Crippen molar-refractivity contribution in [2.75, 3.05) is 0 Å². The average Bonchev–Trinajstić information content (AvgIpc) is 2.26. The van der Waals surface area contributed by atoms with E-state index >= 15 is 0 Å². The van der Waals surface area contributed by atoms with E-state index in [1.807, 2.05) is 0 Å². The third-order valence-corrected chi connectivity index (χ3v) is 1.98. The molecule has 6 nitrogen and oxygen atoms in total. The van der Waals surface area contributed by atoms with Crippen molar-refractivity contribution < 1.29 is 22.7 Å². The molecule has 1 amide bonds. The summed E-state index contributed by atoms with van der Waals surface area (Å²) in [5.41, 5.74) is 0.704. The molecule has 7 heteroatoms. The van der Waals surface area contributed by atoms with Crippen LogP contribution in [0, 0.1) is 0 Å². The van der Waals surface area contributed by atoms with Crippen molar-refractivity contribution >= 4 is 22.8 Å². The van der Waals surface area contributed by atoms with Gasteiger partial charge in [0.15, 0.2) is 0 Å². The highest BCUT2D eigenvalue weighted by Crippen LogP contribution is 2.00. The van der Waals surface area contributed by atoms with Gasteiger partial charge in [-0.2, -0.15) is 0 Å². The van der Waals surface area contributed by atoms with E-state index in [0.29, 0.717) is 5.56 Å². The summed E-state index contributed by atoms with van der Waals surface area (Å²) in [5, 5.41) is 0. The molecule has 1 aromatic rings. The molecule has 1 rings (SSSR count). The highest BCUT2D eigenvalue weighted by atomic mass is 32.2. The lowest BCUT2D eigenvalue weighted by Gasteiger charge is -2.02. The van der Waals surface area contributed by atoms with Crippen LogP contribution in [-0.4, -0.2) is 20.3 Å². The number of benzene rings is 1. The fourth-order valence-electron chi connectivity index (χ4n) is 0.917. The first-order valence-electron chi connectivity index (χ1n) is 4.25. The van der Waals surface area contributed by atoms with Gasteiger partial charge in [-0.15, -0.1) is 0 Å². The van der Waals surface area contributed by atoms with Gasteiger partial charge in [0.2, 0.25) is 10.9 Å². The summed E-state index contributed by atoms with van der Waals surface area (Å²) in [6.07, 6.45) is 0. The molecule has 0 spiro atoms. The zero-order valence-corrected chi connectivity index (χ0v) is 8.98. The third kappa shape index (κ3) is 4.09. The predicted octanol–water partition coefficient (Wildman–Crippen LogP) is -0.628. The summed E-state index contributed by atoms with van der Waals surface area (Å²) in [7, 11) is -3.14. The Morgan fingerprint density at radius 1 is 1.19 bits per heavy atom. The van der Waals surface area contributed by atoms with Crippen molar-refractivity contribution in [1.82, 2.24) is 4.72 Å². The smallest absolute Gasteiger partial charge is 0.398 e. The van der Waals surface area contributed by atoms with Crippen LogP contribution in [0.15, 0.2) is 30.3 Å². The Labute approximate surface area is 93.3 Å². The number of hydrogen-bond acceptors (Lipinski definition) is 5. The summed E-state index contributed by atoms with van der Waals surface area (Å²) in [4.78, 5) is 21.8. The average molecular weight is 243 g/mol. The maximum absolute atomic E-state index is 11.0. The van der Waals surface area contributed by atoms with Gasteiger partial charge in [0.25, 0.3) is 0 Å². The Bertz CT molecular complexity index is 446. The standard InChI is InChI=1S/C9H9NO5S/c11-8(10-16(13)14)9(12)15-6-7-4-2-1-3-5-7/h1-5,16H,6H2,(H,10,11,13,14). The van der Waals surface area contributed by atoms with Crippen LogP contribution in [0.4, 0.5) is 0 Å². The fourth-order valence-corrected chi connectivity index (χ4v) is 1.17. The molecule has 86 valence electrons. The van der Waals surface area contributed by atoms with E-state index in [0.717, 1.165) is 0 Å². The first-order chi connectivity index (χ1) is 7.59. The summed E-state index contributed by atoms with van der Waals surface area (Å²) in [5.74, 6) is -2.53. The molecule has 0 aliphatic heterocycles. The number of carbonyl (C=O) groups is 2. The topological polar surface area (TPSA) is 89.5 Å².